The molecule has 20 heavy (non-hydrogen) atoms. The third kappa shape index (κ3) is 1.60. The lowest BCUT2D eigenvalue weighted by Gasteiger charge is -2.12. The molecule has 0 N–H and O–H groups in total. The molecule has 5 heteroatoms. The smallest absolute Gasteiger partial charge is 0.287 e. The van der Waals surface area contributed by atoms with Gasteiger partial charge in [0.15, 0.2) is 5.71 Å². The van der Waals surface area contributed by atoms with Gasteiger partial charge in [-0.15, -0.1) is 0 Å². The maximum atomic E-state index is 12.3. The molecule has 0 aromatic heterocycles. The second kappa shape index (κ2) is 4.45. The SMILES string of the molecule is CO/N=C1\C(=O)N(C(C)=O)c2ccc3ccccc3c21. The van der Waals surface area contributed by atoms with Crippen molar-refractivity contribution < 1.29 is 14.4 Å². The van der Waals surface area contributed by atoms with Crippen LogP contribution in [0.25, 0.3) is 10.8 Å². The molecule has 0 spiro atoms. The molecule has 2 amide bonds. The molecule has 5 nitrogen and oxygen atoms in total. The predicted molar refractivity (Wildman–Crippen MR) is 75.7 cm³/mol. The van der Waals surface area contributed by atoms with Crippen LogP contribution in [0.15, 0.2) is 41.6 Å². The van der Waals surface area contributed by atoms with Crippen LogP contribution in [-0.4, -0.2) is 24.6 Å². The van der Waals surface area contributed by atoms with Crippen LogP contribution in [0.1, 0.15) is 12.5 Å². The summed E-state index contributed by atoms with van der Waals surface area (Å²) in [6.07, 6.45) is 0. The zero-order valence-corrected chi connectivity index (χ0v) is 11.1. The topological polar surface area (TPSA) is 59.0 Å². The summed E-state index contributed by atoms with van der Waals surface area (Å²) in [5, 5.41) is 5.65. The quantitative estimate of drug-likeness (QED) is 0.744. The van der Waals surface area contributed by atoms with Gasteiger partial charge in [-0.25, -0.2) is 4.90 Å². The molecule has 1 aliphatic rings. The molecule has 0 bridgehead atoms. The Hall–Kier alpha value is -2.69. The highest BCUT2D eigenvalue weighted by Gasteiger charge is 2.38. The standard InChI is InChI=1S/C15H12N2O3/c1-9(18)17-12-8-7-10-5-3-4-6-11(10)13(12)14(15(17)19)16-20-2/h3-8H,1-2H3/b16-14-. The number of rotatable bonds is 1. The van der Waals surface area contributed by atoms with Crippen molar-refractivity contribution in [1.29, 1.82) is 0 Å². The van der Waals surface area contributed by atoms with Crippen LogP contribution in [0.5, 0.6) is 0 Å². The number of carbonyl (C=O) groups excluding carboxylic acids is 2. The van der Waals surface area contributed by atoms with E-state index in [-0.39, 0.29) is 11.6 Å². The van der Waals surface area contributed by atoms with Crippen molar-refractivity contribution in [2.45, 2.75) is 6.92 Å². The Bertz CT molecular complexity index is 765. The van der Waals surface area contributed by atoms with Crippen LogP contribution in [-0.2, 0) is 14.4 Å². The number of anilines is 1. The Morgan fingerprint density at radius 1 is 1.20 bits per heavy atom. The molecule has 1 aliphatic heterocycles. The van der Waals surface area contributed by atoms with Crippen LogP contribution in [0, 0.1) is 0 Å². The maximum Gasteiger partial charge on any atom is 0.287 e. The first-order chi connectivity index (χ1) is 9.65. The average molecular weight is 268 g/mol. The van der Waals surface area contributed by atoms with Crippen molar-refractivity contribution in [3.63, 3.8) is 0 Å². The summed E-state index contributed by atoms with van der Waals surface area (Å²) in [6, 6.07) is 11.3. The van der Waals surface area contributed by atoms with Gasteiger partial charge in [-0.1, -0.05) is 35.5 Å². The number of fused-ring (bicyclic) bond motifs is 3. The second-order valence-corrected chi connectivity index (χ2v) is 4.46. The minimum Gasteiger partial charge on any atom is -0.398 e. The van der Waals surface area contributed by atoms with Crippen molar-refractivity contribution >= 4 is 34.0 Å². The molecule has 1 heterocycles. The molecule has 2 aromatic carbocycles. The first kappa shape index (κ1) is 12.3. The van der Waals surface area contributed by atoms with Crippen molar-refractivity contribution in [3.8, 4) is 0 Å². The summed E-state index contributed by atoms with van der Waals surface area (Å²) < 4.78 is 0. The highest BCUT2D eigenvalue weighted by atomic mass is 16.6. The lowest BCUT2D eigenvalue weighted by molar-refractivity contribution is -0.121. The Morgan fingerprint density at radius 3 is 2.65 bits per heavy atom. The fraction of sp³-hybridized carbons (Fsp3) is 0.133. The molecule has 3 rings (SSSR count). The first-order valence-corrected chi connectivity index (χ1v) is 6.13. The van der Waals surface area contributed by atoms with Crippen LogP contribution in [0.4, 0.5) is 5.69 Å². The second-order valence-electron chi connectivity index (χ2n) is 4.46. The zero-order valence-electron chi connectivity index (χ0n) is 11.1. The first-order valence-electron chi connectivity index (χ1n) is 6.13. The summed E-state index contributed by atoms with van der Waals surface area (Å²) in [7, 11) is 1.38. The molecule has 2 aromatic rings. The molecule has 0 radical (unpaired) electrons. The van der Waals surface area contributed by atoms with Gasteiger partial charge in [0.25, 0.3) is 5.91 Å². The van der Waals surface area contributed by atoms with E-state index in [4.69, 9.17) is 4.84 Å². The molecule has 100 valence electrons. The van der Waals surface area contributed by atoms with Crippen molar-refractivity contribution in [2.75, 3.05) is 12.0 Å². The fourth-order valence-electron chi connectivity index (χ4n) is 2.51. The molecule has 0 saturated heterocycles. The summed E-state index contributed by atoms with van der Waals surface area (Å²) in [5.41, 5.74) is 1.36. The van der Waals surface area contributed by atoms with Crippen molar-refractivity contribution in [2.24, 2.45) is 5.16 Å². The van der Waals surface area contributed by atoms with E-state index in [9.17, 15) is 9.59 Å². The Balaban J connectivity index is 2.39. The minimum atomic E-state index is -0.453. The number of amides is 2. The predicted octanol–water partition coefficient (Wildman–Crippen LogP) is 2.08. The van der Waals surface area contributed by atoms with Crippen LogP contribution in [0.2, 0.25) is 0 Å². The minimum absolute atomic E-state index is 0.162. The summed E-state index contributed by atoms with van der Waals surface area (Å²) in [6.45, 7) is 1.35. The monoisotopic (exact) mass is 268 g/mol. The molecular weight excluding hydrogens is 256 g/mol. The third-order valence-corrected chi connectivity index (χ3v) is 3.29. The zero-order chi connectivity index (χ0) is 14.3. The number of nitrogens with zero attached hydrogens (tertiary/aromatic N) is 2. The lowest BCUT2D eigenvalue weighted by Crippen LogP contribution is -2.34. The number of imide groups is 1. The summed E-state index contributed by atoms with van der Waals surface area (Å²) in [4.78, 5) is 29.9. The van der Waals surface area contributed by atoms with Gasteiger partial charge in [-0.2, -0.15) is 0 Å². The number of benzene rings is 2. The third-order valence-electron chi connectivity index (χ3n) is 3.29. The van der Waals surface area contributed by atoms with Gasteiger partial charge >= 0.3 is 0 Å². The number of oxime groups is 1. The van der Waals surface area contributed by atoms with Gasteiger partial charge in [0, 0.05) is 12.5 Å². The summed E-state index contributed by atoms with van der Waals surface area (Å²) >= 11 is 0. The maximum absolute atomic E-state index is 12.3. The normalized spacial score (nSPS) is 15.8. The average Bonchev–Trinajstić information content (AvgIpc) is 2.72. The van der Waals surface area contributed by atoms with E-state index < -0.39 is 5.91 Å². The Kier molecular flexibility index (Phi) is 2.75. The molecule has 0 atom stereocenters. The number of hydrogen-bond acceptors (Lipinski definition) is 4. The summed E-state index contributed by atoms with van der Waals surface area (Å²) in [5.74, 6) is -0.793. The number of hydrogen-bond donors (Lipinski definition) is 0. The van der Waals surface area contributed by atoms with Gasteiger partial charge in [0.2, 0.25) is 5.91 Å². The van der Waals surface area contributed by atoms with Crippen molar-refractivity contribution in [1.82, 2.24) is 0 Å². The van der Waals surface area contributed by atoms with E-state index >= 15 is 0 Å². The van der Waals surface area contributed by atoms with E-state index in [1.807, 2.05) is 30.3 Å². The van der Waals surface area contributed by atoms with Crippen LogP contribution >= 0.6 is 0 Å². The van der Waals surface area contributed by atoms with Crippen LogP contribution < -0.4 is 4.90 Å². The van der Waals surface area contributed by atoms with Gasteiger partial charge in [0.05, 0.1) is 5.69 Å². The van der Waals surface area contributed by atoms with E-state index in [2.05, 4.69) is 5.16 Å². The van der Waals surface area contributed by atoms with Crippen LogP contribution in [0.3, 0.4) is 0 Å². The Morgan fingerprint density at radius 2 is 1.95 bits per heavy atom. The number of carbonyl (C=O) groups is 2. The highest BCUT2D eigenvalue weighted by Crippen LogP contribution is 2.35. The van der Waals surface area contributed by atoms with Gasteiger partial charge in [-0.3, -0.25) is 9.59 Å². The van der Waals surface area contributed by atoms with Gasteiger partial charge in [0.1, 0.15) is 7.11 Å². The highest BCUT2D eigenvalue weighted by molar-refractivity contribution is 6.59. The van der Waals surface area contributed by atoms with E-state index in [0.29, 0.717) is 11.3 Å². The van der Waals surface area contributed by atoms with E-state index in [1.165, 1.54) is 14.0 Å². The Labute approximate surface area is 115 Å². The van der Waals surface area contributed by atoms with Gasteiger partial charge in [-0.05, 0) is 16.8 Å². The van der Waals surface area contributed by atoms with Gasteiger partial charge < -0.3 is 4.84 Å². The largest absolute Gasteiger partial charge is 0.398 e. The fourth-order valence-corrected chi connectivity index (χ4v) is 2.51. The van der Waals surface area contributed by atoms with E-state index in [1.54, 1.807) is 6.07 Å². The molecular formula is C15H12N2O3. The van der Waals surface area contributed by atoms with Crippen molar-refractivity contribution in [3.05, 3.63) is 42.0 Å². The molecule has 0 aliphatic carbocycles. The molecule has 0 unspecified atom stereocenters. The molecule has 0 saturated carbocycles. The molecule has 0 fully saturated rings. The van der Waals surface area contributed by atoms with E-state index in [0.717, 1.165) is 15.7 Å². The lowest BCUT2D eigenvalue weighted by atomic mass is 10.0.